The minimum atomic E-state index is -2.53. The van der Waals surface area contributed by atoms with E-state index in [9.17, 15) is 4.39 Å². The molecular formula is C21H16FN2O+. The van der Waals surface area contributed by atoms with Crippen LogP contribution in [0.2, 0.25) is 0 Å². The summed E-state index contributed by atoms with van der Waals surface area (Å²) in [6.07, 6.45) is 1.30. The Morgan fingerprint density at radius 1 is 1.16 bits per heavy atom. The van der Waals surface area contributed by atoms with E-state index in [2.05, 4.69) is 4.85 Å². The number of pyridine rings is 1. The summed E-state index contributed by atoms with van der Waals surface area (Å²) in [5, 5.41) is 1.72. The molecule has 0 aliphatic carbocycles. The Morgan fingerprint density at radius 3 is 2.72 bits per heavy atom. The monoisotopic (exact) mass is 334 g/mol. The molecule has 3 nitrogen and oxygen atoms in total. The maximum absolute atomic E-state index is 14.6. The van der Waals surface area contributed by atoms with E-state index in [0.29, 0.717) is 28.1 Å². The number of hydrogen-bond acceptors (Lipinski definition) is 1. The largest absolute Gasteiger partial charge is 0.456 e. The average molecular weight is 334 g/mol. The first-order valence-corrected chi connectivity index (χ1v) is 7.74. The summed E-state index contributed by atoms with van der Waals surface area (Å²) in [6, 6.07) is 10.3. The summed E-state index contributed by atoms with van der Waals surface area (Å²) < 4.78 is 44.8. The molecule has 0 amide bonds. The molecule has 4 heteroatoms. The van der Waals surface area contributed by atoms with Crippen LogP contribution in [0.3, 0.4) is 0 Å². The van der Waals surface area contributed by atoms with E-state index in [1.807, 2.05) is 25.1 Å². The number of rotatable bonds is 1. The third-order valence-electron chi connectivity index (χ3n) is 4.44. The van der Waals surface area contributed by atoms with Gasteiger partial charge in [-0.2, -0.15) is 0 Å². The Bertz CT molecular complexity index is 1300. The molecule has 25 heavy (non-hydrogen) atoms. The third kappa shape index (κ3) is 2.28. The van der Waals surface area contributed by atoms with E-state index in [4.69, 9.17) is 15.1 Å². The van der Waals surface area contributed by atoms with Crippen molar-refractivity contribution in [2.24, 2.45) is 7.05 Å². The Balaban J connectivity index is 2.05. The van der Waals surface area contributed by atoms with Crippen molar-refractivity contribution in [2.75, 3.05) is 0 Å². The Kier molecular flexibility index (Phi) is 2.65. The second kappa shape index (κ2) is 5.42. The number of benzene rings is 2. The van der Waals surface area contributed by atoms with E-state index in [0.717, 1.165) is 16.3 Å². The molecule has 0 aliphatic heterocycles. The SMILES string of the molecule is [2H]C([2H])([2H])c1c[n+](C)c(-c2c(C)ccc3c2oc2cc([N+]#[C-])ccc23)cc1F. The topological polar surface area (TPSA) is 21.4 Å². The molecule has 4 rings (SSSR count). The summed E-state index contributed by atoms with van der Waals surface area (Å²) in [7, 11) is 1.68. The fourth-order valence-corrected chi connectivity index (χ4v) is 3.19. The first-order chi connectivity index (χ1) is 13.2. The molecule has 2 heterocycles. The van der Waals surface area contributed by atoms with Crippen LogP contribution in [0.5, 0.6) is 0 Å². The Morgan fingerprint density at radius 2 is 1.96 bits per heavy atom. The minimum absolute atomic E-state index is 0.324. The van der Waals surface area contributed by atoms with Gasteiger partial charge in [0, 0.05) is 26.5 Å². The molecule has 0 saturated carbocycles. The fraction of sp³-hybridized carbons (Fsp3) is 0.143. The first-order valence-electron chi connectivity index (χ1n) is 9.24. The van der Waals surface area contributed by atoms with Gasteiger partial charge in [0.1, 0.15) is 24.0 Å². The second-order valence-corrected chi connectivity index (χ2v) is 6.06. The van der Waals surface area contributed by atoms with Crippen LogP contribution in [0.25, 0.3) is 38.0 Å². The lowest BCUT2D eigenvalue weighted by atomic mass is 10.00. The molecule has 0 spiro atoms. The van der Waals surface area contributed by atoms with Gasteiger partial charge in [0.05, 0.1) is 12.1 Å². The molecule has 0 N–H and O–H groups in total. The number of fused-ring (bicyclic) bond motifs is 3. The predicted molar refractivity (Wildman–Crippen MR) is 96.0 cm³/mol. The van der Waals surface area contributed by atoms with Crippen molar-refractivity contribution >= 4 is 27.6 Å². The number of furan rings is 1. The van der Waals surface area contributed by atoms with Gasteiger partial charge in [0.25, 0.3) is 0 Å². The van der Waals surface area contributed by atoms with Gasteiger partial charge >= 0.3 is 0 Å². The fourth-order valence-electron chi connectivity index (χ4n) is 3.19. The number of aromatic nitrogens is 1. The van der Waals surface area contributed by atoms with Crippen molar-refractivity contribution in [1.82, 2.24) is 0 Å². The average Bonchev–Trinajstić information content (AvgIpc) is 3.00. The van der Waals surface area contributed by atoms with E-state index in [1.165, 1.54) is 12.3 Å². The van der Waals surface area contributed by atoms with Gasteiger partial charge in [-0.3, -0.25) is 0 Å². The Hall–Kier alpha value is -3.19. The summed E-state index contributed by atoms with van der Waals surface area (Å²) >= 11 is 0. The summed E-state index contributed by atoms with van der Waals surface area (Å²) in [6.45, 7) is 6.54. The number of hydrogen-bond donors (Lipinski definition) is 0. The molecular weight excluding hydrogens is 315 g/mol. The van der Waals surface area contributed by atoms with E-state index in [-0.39, 0.29) is 5.56 Å². The molecule has 2 aromatic carbocycles. The van der Waals surface area contributed by atoms with Crippen molar-refractivity contribution in [3.05, 3.63) is 71.0 Å². The van der Waals surface area contributed by atoms with Gasteiger partial charge in [-0.15, -0.1) is 0 Å². The predicted octanol–water partition coefficient (Wildman–Crippen LogP) is 5.38. The van der Waals surface area contributed by atoms with Crippen LogP contribution in [-0.2, 0) is 7.05 Å². The highest BCUT2D eigenvalue weighted by Crippen LogP contribution is 2.38. The number of halogens is 1. The summed E-state index contributed by atoms with van der Waals surface area (Å²) in [5.41, 5.74) is 3.38. The molecule has 0 aliphatic rings. The van der Waals surface area contributed by atoms with E-state index in [1.54, 1.807) is 23.7 Å². The highest BCUT2D eigenvalue weighted by atomic mass is 19.1. The van der Waals surface area contributed by atoms with Gasteiger partial charge in [0.15, 0.2) is 11.9 Å². The zero-order chi connectivity index (χ0) is 20.2. The molecule has 0 bridgehead atoms. The van der Waals surface area contributed by atoms with Gasteiger partial charge in [0.2, 0.25) is 5.69 Å². The van der Waals surface area contributed by atoms with Gasteiger partial charge < -0.3 is 4.42 Å². The van der Waals surface area contributed by atoms with Crippen LogP contribution in [0.4, 0.5) is 10.1 Å². The van der Waals surface area contributed by atoms with Crippen LogP contribution in [0, 0.1) is 26.2 Å². The molecule has 0 unspecified atom stereocenters. The van der Waals surface area contributed by atoms with Gasteiger partial charge in [-0.05, 0) is 25.4 Å². The molecule has 2 aromatic heterocycles. The second-order valence-electron chi connectivity index (χ2n) is 6.06. The maximum Gasteiger partial charge on any atom is 0.219 e. The molecule has 0 atom stereocenters. The zero-order valence-electron chi connectivity index (χ0n) is 16.7. The molecule has 122 valence electrons. The third-order valence-corrected chi connectivity index (χ3v) is 4.44. The highest BCUT2D eigenvalue weighted by Gasteiger charge is 2.22. The smallest absolute Gasteiger partial charge is 0.219 e. The lowest BCUT2D eigenvalue weighted by Gasteiger charge is -2.06. The van der Waals surface area contributed by atoms with Gasteiger partial charge in [-0.1, -0.05) is 24.3 Å². The Labute approximate surface area is 149 Å². The van der Waals surface area contributed by atoms with Crippen LogP contribution in [-0.4, -0.2) is 0 Å². The van der Waals surface area contributed by atoms with Crippen LogP contribution in [0.15, 0.2) is 47.0 Å². The van der Waals surface area contributed by atoms with Crippen LogP contribution >= 0.6 is 0 Å². The standard InChI is InChI=1S/C21H16FN2O/c1-12-5-7-16-15-8-6-14(23-3)9-19(15)25-21(16)20(12)18-10-17(22)13(2)11-24(18)4/h5-11H,1-2,4H3/q+1/i2D3. The minimum Gasteiger partial charge on any atom is -0.456 e. The number of aryl methyl sites for hydroxylation is 3. The van der Waals surface area contributed by atoms with Crippen molar-refractivity contribution in [3.8, 4) is 11.3 Å². The van der Waals surface area contributed by atoms with Crippen molar-refractivity contribution in [1.29, 1.82) is 0 Å². The van der Waals surface area contributed by atoms with Crippen LogP contribution < -0.4 is 4.57 Å². The quantitative estimate of drug-likeness (QED) is 0.338. The van der Waals surface area contributed by atoms with Crippen LogP contribution in [0.1, 0.15) is 15.2 Å². The first kappa shape index (κ1) is 12.2. The molecule has 0 saturated heterocycles. The molecule has 0 fully saturated rings. The summed E-state index contributed by atoms with van der Waals surface area (Å²) in [5.74, 6) is -0.782. The normalized spacial score (nSPS) is 13.4. The molecule has 0 radical (unpaired) electrons. The van der Waals surface area contributed by atoms with E-state index < -0.39 is 12.7 Å². The van der Waals surface area contributed by atoms with Crippen molar-refractivity contribution in [2.45, 2.75) is 13.8 Å². The van der Waals surface area contributed by atoms with Gasteiger partial charge in [-0.25, -0.2) is 13.8 Å². The molecule has 4 aromatic rings. The van der Waals surface area contributed by atoms with Crippen molar-refractivity contribution < 1.29 is 17.5 Å². The zero-order valence-corrected chi connectivity index (χ0v) is 13.7. The van der Waals surface area contributed by atoms with Crippen molar-refractivity contribution in [3.63, 3.8) is 0 Å². The highest BCUT2D eigenvalue weighted by molar-refractivity contribution is 6.10. The van der Waals surface area contributed by atoms with E-state index >= 15 is 0 Å². The number of nitrogens with zero attached hydrogens (tertiary/aromatic N) is 2. The lowest BCUT2D eigenvalue weighted by Crippen LogP contribution is -2.31. The lowest BCUT2D eigenvalue weighted by molar-refractivity contribution is -0.661. The summed E-state index contributed by atoms with van der Waals surface area (Å²) in [4.78, 5) is 3.43. The maximum atomic E-state index is 14.6.